The lowest BCUT2D eigenvalue weighted by atomic mass is 10.4. The highest BCUT2D eigenvalue weighted by atomic mass is 35.5. The van der Waals surface area contributed by atoms with Crippen LogP contribution in [0.25, 0.3) is 5.82 Å². The van der Waals surface area contributed by atoms with E-state index in [2.05, 4.69) is 25.3 Å². The van der Waals surface area contributed by atoms with Crippen molar-refractivity contribution in [3.63, 3.8) is 0 Å². The number of sulfonamides is 1. The molecular formula is C17H19ClN6O2S. The second-order valence-electron chi connectivity index (χ2n) is 5.87. The Morgan fingerprint density at radius 1 is 1.07 bits per heavy atom. The summed E-state index contributed by atoms with van der Waals surface area (Å²) in [4.78, 5) is 0.0562. The van der Waals surface area contributed by atoms with Gasteiger partial charge in [-0.05, 0) is 44.2 Å². The number of nitrogens with zero attached hydrogens (tertiary/aromatic N) is 4. The third kappa shape index (κ3) is 4.62. The lowest BCUT2D eigenvalue weighted by Gasteiger charge is -2.09. The number of hydrogen-bond donors (Lipinski definition) is 2. The molecule has 2 aromatic heterocycles. The average molecular weight is 407 g/mol. The van der Waals surface area contributed by atoms with Crippen LogP contribution in [-0.4, -0.2) is 41.5 Å². The van der Waals surface area contributed by atoms with Crippen LogP contribution in [0.4, 0.5) is 5.82 Å². The van der Waals surface area contributed by atoms with Gasteiger partial charge in [0.15, 0.2) is 5.82 Å². The molecule has 0 saturated heterocycles. The molecule has 27 heavy (non-hydrogen) atoms. The largest absolute Gasteiger partial charge is 0.367 e. The molecule has 0 spiro atoms. The van der Waals surface area contributed by atoms with Gasteiger partial charge in [0.1, 0.15) is 10.7 Å². The van der Waals surface area contributed by atoms with Gasteiger partial charge in [-0.25, -0.2) is 17.8 Å². The van der Waals surface area contributed by atoms with Gasteiger partial charge in [-0.15, -0.1) is 10.2 Å². The maximum absolute atomic E-state index is 12.2. The van der Waals surface area contributed by atoms with Crippen LogP contribution in [0.2, 0.25) is 5.02 Å². The monoisotopic (exact) mass is 406 g/mol. The summed E-state index contributed by atoms with van der Waals surface area (Å²) in [7, 11) is -3.66. The summed E-state index contributed by atoms with van der Waals surface area (Å²) in [5.74, 6) is 1.16. The van der Waals surface area contributed by atoms with E-state index in [1.807, 2.05) is 19.9 Å². The van der Waals surface area contributed by atoms with E-state index in [-0.39, 0.29) is 16.5 Å². The number of nitrogens with one attached hydrogen (secondary N) is 2. The molecular weight excluding hydrogens is 388 g/mol. The molecule has 0 unspecified atom stereocenters. The number of aryl methyl sites for hydroxylation is 2. The van der Waals surface area contributed by atoms with Gasteiger partial charge in [0.05, 0.1) is 10.7 Å². The van der Waals surface area contributed by atoms with Crippen molar-refractivity contribution >= 4 is 27.4 Å². The van der Waals surface area contributed by atoms with E-state index in [1.165, 1.54) is 12.1 Å². The summed E-state index contributed by atoms with van der Waals surface area (Å²) in [6, 6.07) is 11.8. The average Bonchev–Trinajstić information content (AvgIpc) is 2.98. The molecule has 0 aliphatic rings. The molecule has 0 aliphatic carbocycles. The normalized spacial score (nSPS) is 11.5. The van der Waals surface area contributed by atoms with E-state index in [0.29, 0.717) is 18.2 Å². The topological polar surface area (TPSA) is 102 Å². The first-order valence-electron chi connectivity index (χ1n) is 8.22. The fourth-order valence-electron chi connectivity index (χ4n) is 2.51. The number of hydrogen-bond acceptors (Lipinski definition) is 6. The van der Waals surface area contributed by atoms with Gasteiger partial charge in [-0.2, -0.15) is 5.10 Å². The molecule has 3 rings (SSSR count). The first-order chi connectivity index (χ1) is 12.9. The second kappa shape index (κ2) is 8.03. The zero-order chi connectivity index (χ0) is 19.4. The van der Waals surface area contributed by atoms with Gasteiger partial charge < -0.3 is 5.32 Å². The van der Waals surface area contributed by atoms with Gasteiger partial charge >= 0.3 is 0 Å². The Labute approximate surface area is 162 Å². The summed E-state index contributed by atoms with van der Waals surface area (Å²) in [6.45, 7) is 4.38. The van der Waals surface area contributed by atoms with Gasteiger partial charge in [0, 0.05) is 18.8 Å². The van der Waals surface area contributed by atoms with Crippen LogP contribution in [0.15, 0.2) is 47.4 Å². The van der Waals surface area contributed by atoms with Crippen LogP contribution in [-0.2, 0) is 10.0 Å². The Kier molecular flexibility index (Phi) is 5.73. The minimum Gasteiger partial charge on any atom is -0.367 e. The highest BCUT2D eigenvalue weighted by molar-refractivity contribution is 7.89. The van der Waals surface area contributed by atoms with Gasteiger partial charge in [0.25, 0.3) is 0 Å². The maximum Gasteiger partial charge on any atom is 0.242 e. The molecule has 1 aromatic carbocycles. The molecule has 142 valence electrons. The number of halogens is 1. The SMILES string of the molecule is Cc1cc(C)n(-c2ccc(NCCNS(=O)(=O)c3ccccc3Cl)nn2)n1. The van der Waals surface area contributed by atoms with Crippen LogP contribution in [0, 0.1) is 13.8 Å². The van der Waals surface area contributed by atoms with Crippen molar-refractivity contribution in [3.8, 4) is 5.82 Å². The van der Waals surface area contributed by atoms with Crippen molar-refractivity contribution in [2.75, 3.05) is 18.4 Å². The van der Waals surface area contributed by atoms with Crippen LogP contribution in [0.3, 0.4) is 0 Å². The van der Waals surface area contributed by atoms with Crippen LogP contribution >= 0.6 is 11.6 Å². The van der Waals surface area contributed by atoms with Crippen LogP contribution < -0.4 is 10.0 Å². The molecule has 0 saturated carbocycles. The molecule has 0 atom stereocenters. The molecule has 2 heterocycles. The molecule has 2 N–H and O–H groups in total. The fourth-order valence-corrected chi connectivity index (χ4v) is 4.06. The first-order valence-corrected chi connectivity index (χ1v) is 10.1. The van der Waals surface area contributed by atoms with Crippen molar-refractivity contribution in [3.05, 3.63) is 58.9 Å². The lowest BCUT2D eigenvalue weighted by Crippen LogP contribution is -2.29. The number of anilines is 1. The molecule has 0 aliphatic heterocycles. The molecule has 0 amide bonds. The maximum atomic E-state index is 12.2. The summed E-state index contributed by atoms with van der Waals surface area (Å²) in [6.07, 6.45) is 0. The summed E-state index contributed by atoms with van der Waals surface area (Å²) < 4.78 is 28.7. The third-order valence-electron chi connectivity index (χ3n) is 3.73. The van der Waals surface area contributed by atoms with Gasteiger partial charge in [-0.3, -0.25) is 0 Å². The zero-order valence-corrected chi connectivity index (χ0v) is 16.4. The van der Waals surface area contributed by atoms with E-state index in [4.69, 9.17) is 11.6 Å². The fraction of sp³-hybridized carbons (Fsp3) is 0.235. The molecule has 0 fully saturated rings. The van der Waals surface area contributed by atoms with Crippen molar-refractivity contribution in [1.29, 1.82) is 0 Å². The third-order valence-corrected chi connectivity index (χ3v) is 5.69. The Morgan fingerprint density at radius 3 is 2.48 bits per heavy atom. The lowest BCUT2D eigenvalue weighted by molar-refractivity contribution is 0.583. The standard InChI is InChI=1S/C17H19ClN6O2S/c1-12-11-13(2)24(23-12)17-8-7-16(21-22-17)19-9-10-20-27(25,26)15-6-4-3-5-14(15)18/h3-8,11,20H,9-10H2,1-2H3,(H,19,21). The number of rotatable bonds is 7. The molecule has 8 nitrogen and oxygen atoms in total. The first kappa shape index (κ1) is 19.3. The Bertz CT molecular complexity index is 1030. The number of benzene rings is 1. The Balaban J connectivity index is 1.55. The summed E-state index contributed by atoms with van der Waals surface area (Å²) in [5.41, 5.74) is 1.87. The highest BCUT2D eigenvalue weighted by Crippen LogP contribution is 2.19. The van der Waals surface area contributed by atoms with E-state index < -0.39 is 10.0 Å². The van der Waals surface area contributed by atoms with E-state index >= 15 is 0 Å². The predicted octanol–water partition coefficient (Wildman–Crippen LogP) is 2.32. The highest BCUT2D eigenvalue weighted by Gasteiger charge is 2.16. The van der Waals surface area contributed by atoms with Crippen molar-refractivity contribution in [2.24, 2.45) is 0 Å². The van der Waals surface area contributed by atoms with E-state index in [0.717, 1.165) is 11.4 Å². The zero-order valence-electron chi connectivity index (χ0n) is 14.8. The van der Waals surface area contributed by atoms with Crippen molar-refractivity contribution in [1.82, 2.24) is 24.7 Å². The quantitative estimate of drug-likeness (QED) is 0.584. The minimum absolute atomic E-state index is 0.0562. The van der Waals surface area contributed by atoms with Crippen molar-refractivity contribution < 1.29 is 8.42 Å². The molecule has 0 bridgehead atoms. The van der Waals surface area contributed by atoms with Crippen LogP contribution in [0.1, 0.15) is 11.4 Å². The Hall–Kier alpha value is -2.49. The smallest absolute Gasteiger partial charge is 0.242 e. The predicted molar refractivity (Wildman–Crippen MR) is 104 cm³/mol. The van der Waals surface area contributed by atoms with E-state index in [1.54, 1.807) is 28.9 Å². The molecule has 10 heteroatoms. The molecule has 0 radical (unpaired) electrons. The summed E-state index contributed by atoms with van der Waals surface area (Å²) >= 11 is 5.94. The van der Waals surface area contributed by atoms with Crippen LogP contribution in [0.5, 0.6) is 0 Å². The molecule has 3 aromatic rings. The number of aromatic nitrogens is 4. The van der Waals surface area contributed by atoms with Gasteiger partial charge in [0.2, 0.25) is 10.0 Å². The van der Waals surface area contributed by atoms with E-state index in [9.17, 15) is 8.42 Å². The second-order valence-corrected chi connectivity index (χ2v) is 8.01. The minimum atomic E-state index is -3.66. The Morgan fingerprint density at radius 2 is 1.85 bits per heavy atom. The summed E-state index contributed by atoms with van der Waals surface area (Å²) in [5, 5.41) is 15.8. The van der Waals surface area contributed by atoms with Crippen molar-refractivity contribution in [2.45, 2.75) is 18.7 Å². The van der Waals surface area contributed by atoms with Gasteiger partial charge in [-0.1, -0.05) is 23.7 Å².